The van der Waals surface area contributed by atoms with Gasteiger partial charge in [0.2, 0.25) is 0 Å². The van der Waals surface area contributed by atoms with Crippen molar-refractivity contribution in [3.05, 3.63) is 65.5 Å². The number of nitrogens with zero attached hydrogens (tertiary/aromatic N) is 2. The van der Waals surface area contributed by atoms with Crippen LogP contribution in [0.2, 0.25) is 0 Å². The van der Waals surface area contributed by atoms with Crippen molar-refractivity contribution < 1.29 is 13.9 Å². The summed E-state index contributed by atoms with van der Waals surface area (Å²) in [6, 6.07) is 14.6. The zero-order valence-corrected chi connectivity index (χ0v) is 20.7. The summed E-state index contributed by atoms with van der Waals surface area (Å²) in [7, 11) is 2.17. The largest absolute Gasteiger partial charge is 0.493 e. The summed E-state index contributed by atoms with van der Waals surface area (Å²) in [6.07, 6.45) is 3.40. The number of carbonyl (C=O) groups is 1. The number of urea groups is 1. The van der Waals surface area contributed by atoms with E-state index < -0.39 is 0 Å². The average molecular weight is 468 g/mol. The molecule has 1 aliphatic heterocycles. The van der Waals surface area contributed by atoms with E-state index in [1.807, 2.05) is 29.2 Å². The molecule has 34 heavy (non-hydrogen) atoms. The minimum absolute atomic E-state index is 0.0512. The lowest BCUT2D eigenvalue weighted by molar-refractivity contribution is 0.101. The lowest BCUT2D eigenvalue weighted by Gasteiger charge is -2.41. The number of amides is 2. The van der Waals surface area contributed by atoms with Crippen LogP contribution in [0.4, 0.5) is 9.18 Å². The highest BCUT2D eigenvalue weighted by molar-refractivity contribution is 5.74. The van der Waals surface area contributed by atoms with Gasteiger partial charge >= 0.3 is 6.03 Å². The highest BCUT2D eigenvalue weighted by Gasteiger charge is 2.42. The Labute approximate surface area is 203 Å². The van der Waals surface area contributed by atoms with Crippen LogP contribution in [0.5, 0.6) is 5.75 Å². The molecule has 4 rings (SSSR count). The van der Waals surface area contributed by atoms with E-state index in [1.54, 1.807) is 12.1 Å². The van der Waals surface area contributed by atoms with E-state index in [2.05, 4.69) is 31.1 Å². The summed E-state index contributed by atoms with van der Waals surface area (Å²) in [5, 5.41) is 3.15. The van der Waals surface area contributed by atoms with Crippen LogP contribution in [0, 0.1) is 23.6 Å². The van der Waals surface area contributed by atoms with Crippen molar-refractivity contribution in [2.24, 2.45) is 17.8 Å². The van der Waals surface area contributed by atoms with E-state index in [0.717, 1.165) is 42.8 Å². The Morgan fingerprint density at radius 1 is 1.09 bits per heavy atom. The van der Waals surface area contributed by atoms with Crippen LogP contribution in [-0.4, -0.2) is 48.6 Å². The van der Waals surface area contributed by atoms with Gasteiger partial charge in [-0.1, -0.05) is 44.5 Å². The predicted molar refractivity (Wildman–Crippen MR) is 133 cm³/mol. The maximum atomic E-state index is 13.5. The molecular weight excluding hydrogens is 429 g/mol. The lowest BCUT2D eigenvalue weighted by atomic mass is 9.77. The fourth-order valence-electron chi connectivity index (χ4n) is 5.42. The van der Waals surface area contributed by atoms with Gasteiger partial charge in [-0.25, -0.2) is 9.18 Å². The lowest BCUT2D eigenvalue weighted by Crippen LogP contribution is -2.51. The van der Waals surface area contributed by atoms with Crippen LogP contribution < -0.4 is 10.1 Å². The third-order valence-electron chi connectivity index (χ3n) is 7.12. The van der Waals surface area contributed by atoms with Crippen LogP contribution in [0.3, 0.4) is 0 Å². The molecule has 184 valence electrons. The van der Waals surface area contributed by atoms with Crippen molar-refractivity contribution in [2.75, 3.05) is 26.7 Å². The summed E-state index contributed by atoms with van der Waals surface area (Å²) in [6.45, 7) is 8.03. The molecule has 1 aliphatic carbocycles. The normalized spacial score (nSPS) is 22.4. The van der Waals surface area contributed by atoms with Gasteiger partial charge in [-0.3, -0.25) is 0 Å². The van der Waals surface area contributed by atoms with Gasteiger partial charge in [0.05, 0.1) is 6.61 Å². The van der Waals surface area contributed by atoms with Gasteiger partial charge in [0.15, 0.2) is 0 Å². The number of nitrogens with one attached hydrogen (secondary N) is 1. The molecule has 0 aromatic heterocycles. The highest BCUT2D eigenvalue weighted by Crippen LogP contribution is 2.38. The van der Waals surface area contributed by atoms with E-state index in [9.17, 15) is 9.18 Å². The Balaban J connectivity index is 1.44. The molecule has 0 radical (unpaired) electrons. The molecule has 3 atom stereocenters. The van der Waals surface area contributed by atoms with Gasteiger partial charge < -0.3 is 19.9 Å². The number of benzene rings is 2. The van der Waals surface area contributed by atoms with Crippen LogP contribution in [-0.2, 0) is 13.1 Å². The summed E-state index contributed by atoms with van der Waals surface area (Å²) in [5.74, 6) is 2.20. The Morgan fingerprint density at radius 3 is 2.50 bits per heavy atom. The number of hydrogen-bond donors (Lipinski definition) is 1. The second-order valence-corrected chi connectivity index (χ2v) is 10.4. The first-order valence-electron chi connectivity index (χ1n) is 12.6. The molecule has 1 saturated heterocycles. The number of halogens is 1. The SMILES string of the molecule is CC(C)COc1ccc(CNC(=O)N(Cc2ccc(F)cc2)C2CCCC3CN(C)CC32)cc1. The third kappa shape index (κ3) is 6.29. The molecule has 1 saturated carbocycles. The van der Waals surface area contributed by atoms with Crippen molar-refractivity contribution in [1.29, 1.82) is 0 Å². The zero-order valence-electron chi connectivity index (χ0n) is 20.7. The van der Waals surface area contributed by atoms with Crippen molar-refractivity contribution in [3.8, 4) is 5.75 Å². The Bertz CT molecular complexity index is 932. The number of fused-ring (bicyclic) bond motifs is 1. The Morgan fingerprint density at radius 2 is 1.79 bits per heavy atom. The van der Waals surface area contributed by atoms with E-state index in [0.29, 0.717) is 37.5 Å². The van der Waals surface area contributed by atoms with Crippen LogP contribution in [0.1, 0.15) is 44.2 Å². The van der Waals surface area contributed by atoms with Crippen molar-refractivity contribution in [1.82, 2.24) is 15.1 Å². The molecule has 2 aliphatic rings. The molecule has 6 heteroatoms. The van der Waals surface area contributed by atoms with Crippen LogP contribution in [0.25, 0.3) is 0 Å². The van der Waals surface area contributed by atoms with Gasteiger partial charge in [-0.05, 0) is 73.0 Å². The van der Waals surface area contributed by atoms with E-state index >= 15 is 0 Å². The maximum Gasteiger partial charge on any atom is 0.318 e. The molecule has 0 spiro atoms. The first-order valence-corrected chi connectivity index (χ1v) is 12.6. The summed E-state index contributed by atoms with van der Waals surface area (Å²) >= 11 is 0. The number of rotatable bonds is 8. The number of likely N-dealkylation sites (tertiary alicyclic amines) is 1. The highest BCUT2D eigenvalue weighted by atomic mass is 19.1. The minimum Gasteiger partial charge on any atom is -0.493 e. The standard InChI is InChI=1S/C28H38FN3O2/c1-20(2)19-34-25-13-9-21(10-14-25)15-30-28(33)32(16-22-7-11-24(29)12-8-22)27-6-4-5-23-17-31(3)18-26(23)27/h7-14,20,23,26-27H,4-6,15-19H2,1-3H3,(H,30,33). The third-order valence-corrected chi connectivity index (χ3v) is 7.12. The Kier molecular flexibility index (Phi) is 8.09. The summed E-state index contributed by atoms with van der Waals surface area (Å²) in [5.41, 5.74) is 1.99. The summed E-state index contributed by atoms with van der Waals surface area (Å²) < 4.78 is 19.2. The second kappa shape index (κ2) is 11.2. The fraction of sp³-hybridized carbons (Fsp3) is 0.536. The molecule has 3 unspecified atom stereocenters. The molecular formula is C28H38FN3O2. The van der Waals surface area contributed by atoms with Crippen LogP contribution >= 0.6 is 0 Å². The van der Waals surface area contributed by atoms with Gasteiger partial charge in [-0.2, -0.15) is 0 Å². The van der Waals surface area contributed by atoms with Crippen molar-refractivity contribution in [3.63, 3.8) is 0 Å². The first kappa shape index (κ1) is 24.5. The molecule has 2 fully saturated rings. The predicted octanol–water partition coefficient (Wildman–Crippen LogP) is 5.30. The minimum atomic E-state index is -0.254. The molecule has 5 nitrogen and oxygen atoms in total. The molecule has 1 N–H and O–H groups in total. The average Bonchev–Trinajstić information content (AvgIpc) is 3.22. The second-order valence-electron chi connectivity index (χ2n) is 10.4. The Hall–Kier alpha value is -2.60. The van der Waals surface area contributed by atoms with Gasteiger partial charge in [0.25, 0.3) is 0 Å². The van der Waals surface area contributed by atoms with Gasteiger partial charge in [0, 0.05) is 32.2 Å². The molecule has 2 aromatic rings. The fourth-order valence-corrected chi connectivity index (χ4v) is 5.42. The quantitative estimate of drug-likeness (QED) is 0.573. The molecule has 2 aromatic carbocycles. The molecule has 0 bridgehead atoms. The summed E-state index contributed by atoms with van der Waals surface area (Å²) in [4.78, 5) is 17.9. The smallest absolute Gasteiger partial charge is 0.318 e. The zero-order chi connectivity index (χ0) is 24.1. The number of hydrogen-bond acceptors (Lipinski definition) is 3. The van der Waals surface area contributed by atoms with Crippen LogP contribution in [0.15, 0.2) is 48.5 Å². The van der Waals surface area contributed by atoms with E-state index in [4.69, 9.17) is 4.74 Å². The van der Waals surface area contributed by atoms with Gasteiger partial charge in [0.1, 0.15) is 11.6 Å². The maximum absolute atomic E-state index is 13.5. The molecule has 1 heterocycles. The van der Waals surface area contributed by atoms with E-state index in [1.165, 1.54) is 18.6 Å². The topological polar surface area (TPSA) is 44.8 Å². The number of ether oxygens (including phenoxy) is 1. The van der Waals surface area contributed by atoms with E-state index in [-0.39, 0.29) is 17.9 Å². The monoisotopic (exact) mass is 467 g/mol. The van der Waals surface area contributed by atoms with Gasteiger partial charge in [-0.15, -0.1) is 0 Å². The van der Waals surface area contributed by atoms with Crippen molar-refractivity contribution >= 4 is 6.03 Å². The molecule has 2 amide bonds. The van der Waals surface area contributed by atoms with Crippen molar-refractivity contribution in [2.45, 2.75) is 52.2 Å². The first-order chi connectivity index (χ1) is 16.4. The number of carbonyl (C=O) groups excluding carboxylic acids is 1.